The highest BCUT2D eigenvalue weighted by molar-refractivity contribution is 5.97. The van der Waals surface area contributed by atoms with E-state index in [1.54, 1.807) is 25.3 Å². The monoisotopic (exact) mass is 303 g/mol. The van der Waals surface area contributed by atoms with Gasteiger partial charge in [0.15, 0.2) is 0 Å². The first-order chi connectivity index (χ1) is 10.6. The van der Waals surface area contributed by atoms with Gasteiger partial charge in [-0.3, -0.25) is 4.79 Å². The number of carboxylic acids is 1. The van der Waals surface area contributed by atoms with E-state index in [0.29, 0.717) is 25.3 Å². The second-order valence-electron chi connectivity index (χ2n) is 4.30. The molecule has 1 amide bonds. The van der Waals surface area contributed by atoms with Gasteiger partial charge < -0.3 is 20.5 Å². The quantitative estimate of drug-likeness (QED) is 0.380. The number of nitrogens with one attached hydrogen (secondary N) is 2. The molecule has 0 aromatic heterocycles. The first-order valence-electron chi connectivity index (χ1n) is 6.55. The Hall–Kier alpha value is -2.85. The standard InChI is InChI=1S/C15H17N3O4/c1-22-7-3-6-17-14(19)12(9-16)10-18-13-5-2-4-11(8-13)15(20)21/h2,4-5,8,10,18H,3,6-7H2,1H3,(H,17,19)(H,20,21)/b12-10-. The number of benzene rings is 1. The summed E-state index contributed by atoms with van der Waals surface area (Å²) in [4.78, 5) is 22.6. The molecule has 0 aliphatic heterocycles. The van der Waals surface area contributed by atoms with Gasteiger partial charge in [0.25, 0.3) is 5.91 Å². The van der Waals surface area contributed by atoms with Crippen LogP contribution in [0.25, 0.3) is 0 Å². The first-order valence-corrected chi connectivity index (χ1v) is 6.55. The van der Waals surface area contributed by atoms with Crippen molar-refractivity contribution in [3.8, 4) is 6.07 Å². The molecule has 22 heavy (non-hydrogen) atoms. The SMILES string of the molecule is COCCCNC(=O)/C(C#N)=C\Nc1cccc(C(=O)O)c1. The number of anilines is 1. The molecule has 0 bridgehead atoms. The maximum absolute atomic E-state index is 11.8. The number of nitriles is 1. The van der Waals surface area contributed by atoms with E-state index in [2.05, 4.69) is 10.6 Å². The molecule has 3 N–H and O–H groups in total. The van der Waals surface area contributed by atoms with Gasteiger partial charge in [0.2, 0.25) is 0 Å². The Morgan fingerprint density at radius 2 is 2.23 bits per heavy atom. The zero-order valence-corrected chi connectivity index (χ0v) is 12.1. The molecular weight excluding hydrogens is 286 g/mol. The van der Waals surface area contributed by atoms with Crippen molar-refractivity contribution in [2.24, 2.45) is 0 Å². The van der Waals surface area contributed by atoms with Crippen molar-refractivity contribution in [2.75, 3.05) is 25.6 Å². The van der Waals surface area contributed by atoms with Crippen LogP contribution in [-0.2, 0) is 9.53 Å². The van der Waals surface area contributed by atoms with Crippen molar-refractivity contribution in [3.63, 3.8) is 0 Å². The molecular formula is C15H17N3O4. The van der Waals surface area contributed by atoms with Gasteiger partial charge in [-0.1, -0.05) is 6.07 Å². The third-order valence-electron chi connectivity index (χ3n) is 2.67. The summed E-state index contributed by atoms with van der Waals surface area (Å²) in [5, 5.41) is 23.2. The van der Waals surface area contributed by atoms with Crippen LogP contribution in [0.5, 0.6) is 0 Å². The Balaban J connectivity index is 2.65. The summed E-state index contributed by atoms with van der Waals surface area (Å²) in [6, 6.07) is 7.85. The Kier molecular flexibility index (Phi) is 7.16. The van der Waals surface area contributed by atoms with Crippen LogP contribution in [0.3, 0.4) is 0 Å². The number of carbonyl (C=O) groups excluding carboxylic acids is 1. The van der Waals surface area contributed by atoms with E-state index in [1.165, 1.54) is 18.3 Å². The van der Waals surface area contributed by atoms with Gasteiger partial charge in [-0.15, -0.1) is 0 Å². The van der Waals surface area contributed by atoms with E-state index in [-0.39, 0.29) is 11.1 Å². The minimum absolute atomic E-state index is 0.0989. The Morgan fingerprint density at radius 3 is 2.86 bits per heavy atom. The third-order valence-corrected chi connectivity index (χ3v) is 2.67. The number of ether oxygens (including phenoxy) is 1. The molecule has 0 fully saturated rings. The summed E-state index contributed by atoms with van der Waals surface area (Å²) in [7, 11) is 1.57. The van der Waals surface area contributed by atoms with Gasteiger partial charge in [-0.25, -0.2) is 4.79 Å². The van der Waals surface area contributed by atoms with Crippen LogP contribution >= 0.6 is 0 Å². The average molecular weight is 303 g/mol. The molecule has 0 unspecified atom stereocenters. The lowest BCUT2D eigenvalue weighted by Gasteiger charge is -2.05. The molecule has 0 saturated carbocycles. The van der Waals surface area contributed by atoms with E-state index in [0.717, 1.165) is 0 Å². The highest BCUT2D eigenvalue weighted by Crippen LogP contribution is 2.11. The minimum atomic E-state index is -1.05. The molecule has 1 rings (SSSR count). The highest BCUT2D eigenvalue weighted by Gasteiger charge is 2.08. The first kappa shape index (κ1) is 17.2. The number of hydrogen-bond acceptors (Lipinski definition) is 5. The topological polar surface area (TPSA) is 111 Å². The molecule has 0 spiro atoms. The number of carbonyl (C=O) groups is 2. The minimum Gasteiger partial charge on any atom is -0.478 e. The summed E-state index contributed by atoms with van der Waals surface area (Å²) in [6.45, 7) is 0.923. The fourth-order valence-electron chi connectivity index (χ4n) is 1.56. The summed E-state index contributed by atoms with van der Waals surface area (Å²) in [5.74, 6) is -1.55. The summed E-state index contributed by atoms with van der Waals surface area (Å²) in [5.41, 5.74) is 0.485. The van der Waals surface area contributed by atoms with E-state index in [1.807, 2.05) is 0 Å². The number of nitrogens with zero attached hydrogens (tertiary/aromatic N) is 1. The number of amides is 1. The van der Waals surface area contributed by atoms with E-state index in [4.69, 9.17) is 15.1 Å². The van der Waals surface area contributed by atoms with Gasteiger partial charge in [0.05, 0.1) is 5.56 Å². The van der Waals surface area contributed by atoms with E-state index >= 15 is 0 Å². The molecule has 0 radical (unpaired) electrons. The normalized spacial score (nSPS) is 10.6. The van der Waals surface area contributed by atoms with E-state index in [9.17, 15) is 9.59 Å². The van der Waals surface area contributed by atoms with E-state index < -0.39 is 11.9 Å². The average Bonchev–Trinajstić information content (AvgIpc) is 2.52. The van der Waals surface area contributed by atoms with Gasteiger partial charge in [-0.05, 0) is 24.6 Å². The maximum atomic E-state index is 11.8. The Morgan fingerprint density at radius 1 is 1.45 bits per heavy atom. The summed E-state index contributed by atoms with van der Waals surface area (Å²) < 4.78 is 4.86. The number of aromatic carboxylic acids is 1. The number of carboxylic acid groups (broad SMARTS) is 1. The molecule has 0 aliphatic rings. The fourth-order valence-corrected chi connectivity index (χ4v) is 1.56. The van der Waals surface area contributed by atoms with Crippen LogP contribution in [0.2, 0.25) is 0 Å². The zero-order chi connectivity index (χ0) is 16.4. The van der Waals surface area contributed by atoms with Crippen LogP contribution in [0.4, 0.5) is 5.69 Å². The second-order valence-corrected chi connectivity index (χ2v) is 4.30. The molecule has 0 atom stereocenters. The fraction of sp³-hybridized carbons (Fsp3) is 0.267. The largest absolute Gasteiger partial charge is 0.478 e. The van der Waals surface area contributed by atoms with Crippen molar-refractivity contribution in [1.82, 2.24) is 5.32 Å². The summed E-state index contributed by atoms with van der Waals surface area (Å²) in [6.07, 6.45) is 1.89. The second kappa shape index (κ2) is 9.15. The van der Waals surface area contributed by atoms with Crippen molar-refractivity contribution in [1.29, 1.82) is 5.26 Å². The van der Waals surface area contributed by atoms with Crippen LogP contribution < -0.4 is 10.6 Å². The van der Waals surface area contributed by atoms with Gasteiger partial charge in [0, 0.05) is 32.1 Å². The molecule has 7 nitrogen and oxygen atoms in total. The van der Waals surface area contributed by atoms with Crippen molar-refractivity contribution >= 4 is 17.6 Å². The molecule has 116 valence electrons. The molecule has 0 heterocycles. The maximum Gasteiger partial charge on any atom is 0.335 e. The van der Waals surface area contributed by atoms with Crippen molar-refractivity contribution in [3.05, 3.63) is 41.6 Å². The lowest BCUT2D eigenvalue weighted by molar-refractivity contribution is -0.117. The van der Waals surface area contributed by atoms with Crippen LogP contribution in [0.15, 0.2) is 36.0 Å². The Labute approximate surface area is 128 Å². The number of hydrogen-bond donors (Lipinski definition) is 3. The highest BCUT2D eigenvalue weighted by atomic mass is 16.5. The molecule has 0 saturated heterocycles. The predicted molar refractivity (Wildman–Crippen MR) is 80.2 cm³/mol. The number of rotatable bonds is 8. The molecule has 1 aromatic rings. The van der Waals surface area contributed by atoms with Crippen molar-refractivity contribution in [2.45, 2.75) is 6.42 Å². The molecule has 1 aromatic carbocycles. The number of methoxy groups -OCH3 is 1. The lowest BCUT2D eigenvalue weighted by atomic mass is 10.2. The van der Waals surface area contributed by atoms with Crippen LogP contribution in [0, 0.1) is 11.3 Å². The third kappa shape index (κ3) is 5.64. The van der Waals surface area contributed by atoms with Crippen LogP contribution in [-0.4, -0.2) is 37.2 Å². The zero-order valence-electron chi connectivity index (χ0n) is 12.1. The van der Waals surface area contributed by atoms with Crippen molar-refractivity contribution < 1.29 is 19.4 Å². The van der Waals surface area contributed by atoms with Gasteiger partial charge >= 0.3 is 5.97 Å². The smallest absolute Gasteiger partial charge is 0.335 e. The summed E-state index contributed by atoms with van der Waals surface area (Å²) >= 11 is 0. The van der Waals surface area contributed by atoms with Crippen LogP contribution in [0.1, 0.15) is 16.8 Å². The predicted octanol–water partition coefficient (Wildman–Crippen LogP) is 1.36. The molecule has 0 aliphatic carbocycles. The Bertz CT molecular complexity index is 605. The molecule has 7 heteroatoms. The lowest BCUT2D eigenvalue weighted by Crippen LogP contribution is -2.26. The van der Waals surface area contributed by atoms with Gasteiger partial charge in [0.1, 0.15) is 11.6 Å². The van der Waals surface area contributed by atoms with Gasteiger partial charge in [-0.2, -0.15) is 5.26 Å².